The van der Waals surface area contributed by atoms with E-state index in [4.69, 9.17) is 44.3 Å². The Morgan fingerprint density at radius 3 is 1.59 bits per heavy atom. The average Bonchev–Trinajstić information content (AvgIpc) is 2.55. The minimum Gasteiger partial charge on any atom is -0.481 e. The van der Waals surface area contributed by atoms with Gasteiger partial charge in [-0.25, -0.2) is 0 Å². The van der Waals surface area contributed by atoms with Gasteiger partial charge in [0, 0.05) is 5.41 Å². The van der Waals surface area contributed by atoms with Gasteiger partial charge in [-0.05, 0) is 26.7 Å². The smallest absolute Gasteiger partial charge is 0.309 e. The highest BCUT2D eigenvalue weighted by atomic mass is 16.4. The summed E-state index contributed by atoms with van der Waals surface area (Å²) in [5, 5.41) is 6.69. The van der Waals surface area contributed by atoms with Crippen LogP contribution in [0.5, 0.6) is 0 Å². The fraction of sp³-hybridized carbons (Fsp3) is 0.895. The number of carboxylic acids is 1. The number of hydrogen-bond acceptors (Lipinski definition) is 2. The van der Waals surface area contributed by atoms with Crippen LogP contribution in [0.4, 0.5) is 0 Å². The Bertz CT molecular complexity index is 490. The van der Waals surface area contributed by atoms with Gasteiger partial charge in [-0.15, -0.1) is 10.4 Å². The Labute approximate surface area is 172 Å². The van der Waals surface area contributed by atoms with Gasteiger partial charge in [0.25, 0.3) is 0 Å². The van der Waals surface area contributed by atoms with E-state index in [1.165, 1.54) is 0 Å². The molecule has 0 aromatic carbocycles. The largest absolute Gasteiger partial charge is 0.481 e. The molecule has 0 rings (SSSR count). The van der Waals surface area contributed by atoms with E-state index in [0.717, 1.165) is 25.5 Å². The Hall–Kier alpha value is -0.535. The molecule has 0 saturated carbocycles. The number of rotatable bonds is 14. The number of carboxylic acid groups (broad SMARTS) is 1. The summed E-state index contributed by atoms with van der Waals surface area (Å²) in [4.78, 5) is 22.1. The molecule has 0 bridgehead atoms. The van der Waals surface area contributed by atoms with Crippen molar-refractivity contribution in [3.8, 4) is 0 Å². The van der Waals surface area contributed by atoms with Crippen LogP contribution in [0.15, 0.2) is 0 Å². The lowest BCUT2D eigenvalue weighted by molar-refractivity contribution is -0.147. The van der Waals surface area contributed by atoms with E-state index in [2.05, 4.69) is 0 Å². The second-order valence-corrected chi connectivity index (χ2v) is 9.41. The van der Waals surface area contributed by atoms with E-state index < -0.39 is 27.6 Å². The van der Waals surface area contributed by atoms with Gasteiger partial charge >= 0.3 is 5.97 Å². The molecule has 140 valence electrons. The zero-order chi connectivity index (χ0) is 21.5. The number of carbonyl (C=O) groups is 2. The molecule has 0 aromatic rings. The third-order valence-electron chi connectivity index (χ3n) is 5.40. The lowest BCUT2D eigenvalue weighted by atomic mass is 9.29. The van der Waals surface area contributed by atoms with Crippen molar-refractivity contribution in [1.29, 1.82) is 0 Å². The molecular formula is C19H31B5O3. The molecule has 1 atom stereocenters. The van der Waals surface area contributed by atoms with Crippen molar-refractivity contribution < 1.29 is 14.7 Å². The normalized spacial score (nSPS) is 14.7. The summed E-state index contributed by atoms with van der Waals surface area (Å²) < 4.78 is 0. The summed E-state index contributed by atoms with van der Waals surface area (Å²) in [6, 6.07) is 0. The van der Waals surface area contributed by atoms with Gasteiger partial charge < -0.3 is 9.90 Å². The standard InChI is InChI=1S/C19H31B5O3/c1-16(2,13-25)9-5-7-11-18(21,22)14(20)19(23,24)12-8-6-10-17(3,4)15(26)27/h13-14H,5-12H2,1-4H3,(H,26,27). The average molecular weight is 362 g/mol. The Morgan fingerprint density at radius 2 is 1.22 bits per heavy atom. The van der Waals surface area contributed by atoms with E-state index in [1.54, 1.807) is 13.8 Å². The summed E-state index contributed by atoms with van der Waals surface area (Å²) in [7, 11) is 30.9. The van der Waals surface area contributed by atoms with Crippen LogP contribution < -0.4 is 0 Å². The molecule has 0 saturated heterocycles. The lowest BCUT2D eigenvalue weighted by Gasteiger charge is -2.46. The number of carbonyl (C=O) groups excluding carboxylic acids is 1. The van der Waals surface area contributed by atoms with Crippen LogP contribution in [-0.4, -0.2) is 56.6 Å². The van der Waals surface area contributed by atoms with Crippen LogP contribution in [-0.2, 0) is 9.59 Å². The van der Waals surface area contributed by atoms with Gasteiger partial charge in [-0.2, -0.15) is 0 Å². The first-order valence-corrected chi connectivity index (χ1v) is 9.68. The number of aldehydes is 1. The summed E-state index contributed by atoms with van der Waals surface area (Å²) in [6.45, 7) is 7.16. The Morgan fingerprint density at radius 1 is 0.852 bits per heavy atom. The summed E-state index contributed by atoms with van der Waals surface area (Å²) in [5.74, 6) is -1.64. The van der Waals surface area contributed by atoms with Crippen molar-refractivity contribution in [3.63, 3.8) is 0 Å². The van der Waals surface area contributed by atoms with Crippen molar-refractivity contribution in [1.82, 2.24) is 0 Å². The maximum atomic E-state index is 11.1. The maximum absolute atomic E-state index is 11.1. The van der Waals surface area contributed by atoms with Gasteiger partial charge in [0.2, 0.25) is 0 Å². The molecule has 0 heterocycles. The number of aliphatic carboxylic acids is 1. The van der Waals surface area contributed by atoms with Gasteiger partial charge in [0.1, 0.15) is 6.29 Å². The van der Waals surface area contributed by atoms with Gasteiger partial charge in [0.05, 0.1) is 44.6 Å². The molecule has 0 fully saturated rings. The molecule has 3 nitrogen and oxygen atoms in total. The third kappa shape index (κ3) is 9.48. The van der Waals surface area contributed by atoms with E-state index in [-0.39, 0.29) is 5.41 Å². The first kappa shape index (κ1) is 26.5. The zero-order valence-electron chi connectivity index (χ0n) is 17.5. The second kappa shape index (κ2) is 10.3. The fourth-order valence-electron chi connectivity index (χ4n) is 2.99. The lowest BCUT2D eigenvalue weighted by Crippen LogP contribution is -2.32. The van der Waals surface area contributed by atoms with Crippen molar-refractivity contribution in [3.05, 3.63) is 0 Å². The predicted octanol–water partition coefficient (Wildman–Crippen LogP) is 3.31. The number of hydrogen-bond donors (Lipinski definition) is 1. The minimum atomic E-state index is -1.24. The highest BCUT2D eigenvalue weighted by Crippen LogP contribution is 2.51. The highest BCUT2D eigenvalue weighted by Gasteiger charge is 2.35. The van der Waals surface area contributed by atoms with Crippen LogP contribution in [0.1, 0.15) is 79.1 Å². The van der Waals surface area contributed by atoms with Crippen LogP contribution in [0.2, 0.25) is 16.2 Å². The fourth-order valence-corrected chi connectivity index (χ4v) is 2.99. The van der Waals surface area contributed by atoms with Crippen LogP contribution in [0.3, 0.4) is 0 Å². The monoisotopic (exact) mass is 362 g/mol. The molecule has 1 unspecified atom stereocenters. The SMILES string of the molecule is [B]C(C([B])([B])CCCCC(C)(C)C=O)C([B])([B])CCCCC(C)(C)C(=O)O. The van der Waals surface area contributed by atoms with Gasteiger partial charge in [-0.1, -0.05) is 58.2 Å². The first-order chi connectivity index (χ1) is 12.1. The van der Waals surface area contributed by atoms with Gasteiger partial charge in [0.15, 0.2) is 0 Å². The third-order valence-corrected chi connectivity index (χ3v) is 5.40. The number of unbranched alkanes of at least 4 members (excludes halogenated alkanes) is 2. The van der Waals surface area contributed by atoms with Crippen LogP contribution in [0, 0.1) is 10.8 Å². The van der Waals surface area contributed by atoms with Crippen molar-refractivity contribution in [2.45, 2.75) is 95.3 Å². The Balaban J connectivity index is 4.48. The molecule has 0 aliphatic heterocycles. The van der Waals surface area contributed by atoms with E-state index in [9.17, 15) is 9.59 Å². The van der Waals surface area contributed by atoms with Crippen molar-refractivity contribution in [2.75, 3.05) is 0 Å². The van der Waals surface area contributed by atoms with Crippen LogP contribution in [0.25, 0.3) is 0 Å². The molecule has 0 aromatic heterocycles. The topological polar surface area (TPSA) is 54.4 Å². The molecule has 8 heteroatoms. The van der Waals surface area contributed by atoms with Crippen LogP contribution >= 0.6 is 0 Å². The van der Waals surface area contributed by atoms with E-state index in [0.29, 0.717) is 32.1 Å². The first-order valence-electron chi connectivity index (χ1n) is 9.68. The Kier molecular flexibility index (Phi) is 10.1. The molecular weight excluding hydrogens is 330 g/mol. The summed E-state index contributed by atoms with van der Waals surface area (Å²) >= 11 is 0. The highest BCUT2D eigenvalue weighted by molar-refractivity contribution is 6.50. The van der Waals surface area contributed by atoms with E-state index in [1.807, 2.05) is 13.8 Å². The molecule has 0 aliphatic rings. The van der Waals surface area contributed by atoms with Gasteiger partial charge in [-0.3, -0.25) is 4.79 Å². The zero-order valence-corrected chi connectivity index (χ0v) is 17.5. The van der Waals surface area contributed by atoms with E-state index >= 15 is 0 Å². The molecule has 1 N–H and O–H groups in total. The maximum Gasteiger partial charge on any atom is 0.309 e. The molecule has 10 radical (unpaired) electrons. The summed E-state index contributed by atoms with van der Waals surface area (Å²) in [5.41, 5.74) is -1.14. The second-order valence-electron chi connectivity index (χ2n) is 9.41. The molecule has 0 amide bonds. The quantitative estimate of drug-likeness (QED) is 0.293. The molecule has 0 spiro atoms. The minimum absolute atomic E-state index is 0.358. The van der Waals surface area contributed by atoms with Crippen molar-refractivity contribution >= 4 is 51.5 Å². The van der Waals surface area contributed by atoms with Crippen molar-refractivity contribution in [2.24, 2.45) is 10.8 Å². The summed E-state index contributed by atoms with van der Waals surface area (Å²) in [6.07, 6.45) is 5.92. The predicted molar refractivity (Wildman–Crippen MR) is 116 cm³/mol. The molecule has 0 aliphatic carbocycles. The molecule has 27 heavy (non-hydrogen) atoms.